The first-order valence-electron chi connectivity index (χ1n) is 22.6. The third-order valence-electron chi connectivity index (χ3n) is 11.7. The summed E-state index contributed by atoms with van der Waals surface area (Å²) in [6.07, 6.45) is 2.34. The fourth-order valence-corrected chi connectivity index (χ4v) is 8.83. The third-order valence-corrected chi connectivity index (χ3v) is 12.7. The van der Waals surface area contributed by atoms with Crippen LogP contribution in [0.4, 0.5) is 16.2 Å². The molecule has 6 rings (SSSR count). The molecule has 67 heavy (non-hydrogen) atoms. The molecule has 16 nitrogen and oxygen atoms in total. The molecule has 356 valence electrons. The number of benzene rings is 3. The number of aryl methyl sites for hydroxylation is 1. The second kappa shape index (κ2) is 22.5. The summed E-state index contributed by atoms with van der Waals surface area (Å²) in [5.74, 6) is -0.987. The smallest absolute Gasteiger partial charge is 0.336 e. The van der Waals surface area contributed by atoms with E-state index in [9.17, 15) is 29.1 Å². The highest BCUT2D eigenvalue weighted by Crippen LogP contribution is 2.37. The predicted molar refractivity (Wildman–Crippen MR) is 254 cm³/mol. The number of hydrogen-bond acceptors (Lipinski definition) is 12. The number of carbonyl (C=O) groups excluding carboxylic acids is 5. The number of nitrogens with one attached hydrogen (secondary N) is 2. The van der Waals surface area contributed by atoms with E-state index in [1.54, 1.807) is 73.7 Å². The van der Waals surface area contributed by atoms with Gasteiger partial charge in [-0.15, -0.1) is 11.3 Å². The molecule has 17 heteroatoms. The third kappa shape index (κ3) is 12.6. The second-order valence-electron chi connectivity index (χ2n) is 18.3. The molecule has 3 atom stereocenters. The van der Waals surface area contributed by atoms with E-state index in [-0.39, 0.29) is 44.5 Å². The van der Waals surface area contributed by atoms with Crippen molar-refractivity contribution in [3.63, 3.8) is 0 Å². The van der Waals surface area contributed by atoms with Gasteiger partial charge in [0.15, 0.2) is 0 Å². The van der Waals surface area contributed by atoms with Crippen LogP contribution in [-0.2, 0) is 35.2 Å². The van der Waals surface area contributed by atoms with Crippen LogP contribution < -0.4 is 25.2 Å². The number of aliphatic hydroxyl groups is 1. The molecule has 0 radical (unpaired) electrons. The van der Waals surface area contributed by atoms with Gasteiger partial charge in [-0.2, -0.15) is 5.26 Å². The summed E-state index contributed by atoms with van der Waals surface area (Å²) in [6, 6.07) is 21.0. The van der Waals surface area contributed by atoms with Crippen LogP contribution >= 0.6 is 11.3 Å². The molecular weight excluding hydrogens is 875 g/mol. The van der Waals surface area contributed by atoms with Crippen molar-refractivity contribution in [3.8, 4) is 22.3 Å². The van der Waals surface area contributed by atoms with Gasteiger partial charge >= 0.3 is 6.03 Å². The van der Waals surface area contributed by atoms with Crippen molar-refractivity contribution < 1.29 is 43.3 Å². The average molecular weight is 936 g/mol. The molecule has 2 aliphatic heterocycles. The molecule has 0 aliphatic carbocycles. The molecule has 2 fully saturated rings. The summed E-state index contributed by atoms with van der Waals surface area (Å²) >= 11 is 1.57. The number of hydrogen-bond donors (Lipinski definition) is 3. The summed E-state index contributed by atoms with van der Waals surface area (Å²) in [5.41, 5.74) is 4.30. The first-order valence-corrected chi connectivity index (χ1v) is 23.5. The van der Waals surface area contributed by atoms with E-state index in [1.807, 2.05) is 63.5 Å². The summed E-state index contributed by atoms with van der Waals surface area (Å²) in [5, 5.41) is 25.4. The Labute approximate surface area is 396 Å². The van der Waals surface area contributed by atoms with Crippen molar-refractivity contribution in [1.29, 1.82) is 5.26 Å². The standard InChI is InChI=1S/C50H61N7O9S/c1-33-43(67-32-53-33)36-15-11-35(12-16-36)29-52-45(60)41-27-39(58)30-55(41)46(61)44(49(2,3)4)54-42(59)31-65-25-10-24-64-23-8-7-9-26-66-40-21-19-38(20-22-40)57-48(63)56(47(62)50(57,5)6)37-17-13-34(28-51)14-18-37/h11-22,32,39,41,44,58H,7-10,23-27,29-31H2,1-6H3,(H,52,60)(H,54,59)/t39-,41+,44?/m1/s1. The molecule has 0 spiro atoms. The van der Waals surface area contributed by atoms with E-state index in [2.05, 4.69) is 15.6 Å². The Hall–Kier alpha value is -6.19. The van der Waals surface area contributed by atoms with Crippen molar-refractivity contribution >= 4 is 52.4 Å². The highest BCUT2D eigenvalue weighted by molar-refractivity contribution is 7.13. The Morgan fingerprint density at radius 2 is 1.57 bits per heavy atom. The van der Waals surface area contributed by atoms with Gasteiger partial charge in [-0.05, 0) is 112 Å². The van der Waals surface area contributed by atoms with Crippen LogP contribution in [0.25, 0.3) is 10.4 Å². The minimum atomic E-state index is -1.12. The van der Waals surface area contributed by atoms with Crippen LogP contribution in [0.5, 0.6) is 5.75 Å². The lowest BCUT2D eigenvalue weighted by atomic mass is 9.85. The number of rotatable bonds is 21. The molecule has 1 unspecified atom stereocenters. The molecule has 1 aromatic heterocycles. The number of nitriles is 1. The Kier molecular flexibility index (Phi) is 16.9. The van der Waals surface area contributed by atoms with Gasteiger partial charge in [0.1, 0.15) is 30.0 Å². The topological polar surface area (TPSA) is 204 Å². The van der Waals surface area contributed by atoms with Gasteiger partial charge in [-0.3, -0.25) is 24.1 Å². The molecule has 0 bridgehead atoms. The number of β-amino-alcohol motifs (C(OH)–C–C–N with tert-alkyl or cyclic N) is 1. The van der Waals surface area contributed by atoms with Crippen LogP contribution in [0.3, 0.4) is 0 Å². The van der Waals surface area contributed by atoms with Crippen LogP contribution in [0.15, 0.2) is 78.3 Å². The number of anilines is 2. The summed E-state index contributed by atoms with van der Waals surface area (Å²) < 4.78 is 17.3. The molecule has 3 aromatic carbocycles. The normalized spacial score (nSPS) is 17.4. The van der Waals surface area contributed by atoms with Crippen molar-refractivity contribution in [1.82, 2.24) is 20.5 Å². The van der Waals surface area contributed by atoms with Gasteiger partial charge < -0.3 is 34.9 Å². The lowest BCUT2D eigenvalue weighted by Gasteiger charge is -2.35. The van der Waals surface area contributed by atoms with E-state index in [4.69, 9.17) is 19.5 Å². The summed E-state index contributed by atoms with van der Waals surface area (Å²) in [7, 11) is 0. The number of aliphatic hydroxyl groups excluding tert-OH is 1. The molecule has 2 saturated heterocycles. The number of ether oxygens (including phenoxy) is 3. The lowest BCUT2D eigenvalue weighted by Crippen LogP contribution is -2.58. The zero-order valence-electron chi connectivity index (χ0n) is 39.1. The zero-order chi connectivity index (χ0) is 48.3. The number of thiazole rings is 1. The molecular formula is C50H61N7O9S. The first kappa shape index (κ1) is 50.2. The fourth-order valence-electron chi connectivity index (χ4n) is 8.02. The maximum Gasteiger partial charge on any atom is 0.336 e. The van der Waals surface area contributed by atoms with Crippen LogP contribution in [-0.4, -0.2) is 108 Å². The predicted octanol–water partition coefficient (Wildman–Crippen LogP) is 6.52. The van der Waals surface area contributed by atoms with Crippen LogP contribution in [0, 0.1) is 23.7 Å². The van der Waals surface area contributed by atoms with E-state index >= 15 is 0 Å². The van der Waals surface area contributed by atoms with Crippen molar-refractivity contribution in [2.75, 3.05) is 49.4 Å². The van der Waals surface area contributed by atoms with Crippen LogP contribution in [0.1, 0.15) is 83.5 Å². The van der Waals surface area contributed by atoms with Crippen molar-refractivity contribution in [2.24, 2.45) is 5.41 Å². The number of amides is 6. The van der Waals surface area contributed by atoms with E-state index in [1.165, 1.54) is 9.80 Å². The Morgan fingerprint density at radius 3 is 2.22 bits per heavy atom. The quantitative estimate of drug-likeness (QED) is 0.0606. The Morgan fingerprint density at radius 1 is 0.910 bits per heavy atom. The van der Waals surface area contributed by atoms with Crippen molar-refractivity contribution in [3.05, 3.63) is 95.1 Å². The number of nitrogens with zero attached hydrogens (tertiary/aromatic N) is 5. The molecule has 4 aromatic rings. The van der Waals surface area contributed by atoms with Crippen LogP contribution in [0.2, 0.25) is 0 Å². The van der Waals surface area contributed by atoms with Gasteiger partial charge in [0.2, 0.25) is 17.7 Å². The van der Waals surface area contributed by atoms with Gasteiger partial charge in [0.25, 0.3) is 5.91 Å². The largest absolute Gasteiger partial charge is 0.494 e. The Bertz CT molecular complexity index is 2390. The van der Waals surface area contributed by atoms with Gasteiger partial charge in [0.05, 0.1) is 46.1 Å². The number of urea groups is 1. The number of imide groups is 1. The van der Waals surface area contributed by atoms with E-state index in [0.29, 0.717) is 48.9 Å². The van der Waals surface area contributed by atoms with E-state index in [0.717, 1.165) is 45.9 Å². The Balaban J connectivity index is 0.837. The van der Waals surface area contributed by atoms with Gasteiger partial charge in [0, 0.05) is 45.0 Å². The maximum atomic E-state index is 13.9. The van der Waals surface area contributed by atoms with Gasteiger partial charge in [-0.1, -0.05) is 45.0 Å². The highest BCUT2D eigenvalue weighted by Gasteiger charge is 2.52. The highest BCUT2D eigenvalue weighted by atomic mass is 32.1. The minimum absolute atomic E-state index is 0.0145. The lowest BCUT2D eigenvalue weighted by molar-refractivity contribution is -0.144. The van der Waals surface area contributed by atoms with Crippen molar-refractivity contribution in [2.45, 2.75) is 104 Å². The number of likely N-dealkylation sites (tertiary alicyclic amines) is 1. The zero-order valence-corrected chi connectivity index (χ0v) is 39.9. The summed E-state index contributed by atoms with van der Waals surface area (Å²) in [6.45, 7) is 12.7. The van der Waals surface area contributed by atoms with E-state index < -0.39 is 47.0 Å². The molecule has 0 saturated carbocycles. The minimum Gasteiger partial charge on any atom is -0.494 e. The second-order valence-corrected chi connectivity index (χ2v) is 19.2. The molecule has 3 N–H and O–H groups in total. The SMILES string of the molecule is Cc1ncsc1-c1ccc(CNC(=O)[C@@H]2C[C@@H](O)CN2C(=O)C(NC(=O)COCCCOCCCCCOc2ccc(N3C(=O)N(c4ccc(C#N)cc4)C(=O)C3(C)C)cc2)C(C)(C)C)cc1. The maximum absolute atomic E-state index is 13.9. The number of aromatic nitrogens is 1. The molecule has 3 heterocycles. The number of carbonyl (C=O) groups is 5. The monoisotopic (exact) mass is 935 g/mol. The summed E-state index contributed by atoms with van der Waals surface area (Å²) in [4.78, 5) is 76.5. The first-order chi connectivity index (χ1) is 32.0. The average Bonchev–Trinajstić information content (AvgIpc) is 3.97. The number of unbranched alkanes of at least 4 members (excludes halogenated alkanes) is 2. The molecule has 6 amide bonds. The van der Waals surface area contributed by atoms with Gasteiger partial charge in [-0.25, -0.2) is 14.7 Å². The fraction of sp³-hybridized carbons (Fsp3) is 0.460. The molecule has 2 aliphatic rings.